The van der Waals surface area contributed by atoms with Crippen LogP contribution in [-0.2, 0) is 14.3 Å². The fourth-order valence-corrected chi connectivity index (χ4v) is 4.61. The molecular formula is C17H10Cl2F2N3O3S+. The highest BCUT2D eigenvalue weighted by atomic mass is 35.5. The number of ether oxygens (including phenoxy) is 1. The quantitative estimate of drug-likeness (QED) is 0.296. The molecule has 0 amide bonds. The molecule has 1 aromatic heterocycles. The van der Waals surface area contributed by atoms with Crippen molar-refractivity contribution in [3.63, 3.8) is 0 Å². The number of nitriles is 1. The van der Waals surface area contributed by atoms with E-state index in [1.165, 1.54) is 37.5 Å². The van der Waals surface area contributed by atoms with Gasteiger partial charge in [-0.05, 0) is 41.4 Å². The Morgan fingerprint density at radius 3 is 2.61 bits per heavy atom. The van der Waals surface area contributed by atoms with Crippen molar-refractivity contribution >= 4 is 62.4 Å². The van der Waals surface area contributed by atoms with Gasteiger partial charge in [0.1, 0.15) is 17.3 Å². The topological polar surface area (TPSA) is 75.1 Å². The molecule has 11 heteroatoms. The van der Waals surface area contributed by atoms with E-state index in [-0.39, 0.29) is 28.6 Å². The molecule has 0 saturated carbocycles. The number of carbonyl (C=O) groups is 2. The van der Waals surface area contributed by atoms with E-state index in [0.717, 1.165) is 16.1 Å². The maximum absolute atomic E-state index is 15.5. The van der Waals surface area contributed by atoms with Crippen LogP contribution < -0.4 is 0 Å². The number of hydrogen-bond donors (Lipinski definition) is 0. The van der Waals surface area contributed by atoms with Crippen LogP contribution in [0.3, 0.4) is 0 Å². The zero-order chi connectivity index (χ0) is 20.6. The van der Waals surface area contributed by atoms with Gasteiger partial charge in [0.2, 0.25) is 16.7 Å². The van der Waals surface area contributed by atoms with Crippen LogP contribution in [0, 0.1) is 11.3 Å². The molecule has 0 N–H and O–H groups in total. The number of hydrogen-bond acceptors (Lipinski definition) is 4. The van der Waals surface area contributed by atoms with Gasteiger partial charge in [-0.15, -0.1) is 0 Å². The van der Waals surface area contributed by atoms with Crippen molar-refractivity contribution in [2.24, 2.45) is 0 Å². The van der Waals surface area contributed by atoms with E-state index >= 15 is 7.77 Å². The second-order valence-corrected chi connectivity index (χ2v) is 7.68. The third-order valence-corrected chi connectivity index (χ3v) is 5.87. The zero-order valence-corrected chi connectivity index (χ0v) is 16.4. The lowest BCUT2D eigenvalue weighted by atomic mass is 10.2. The van der Waals surface area contributed by atoms with Gasteiger partial charge < -0.3 is 4.74 Å². The first-order chi connectivity index (χ1) is 13.2. The lowest BCUT2D eigenvalue weighted by Crippen LogP contribution is -2.26. The summed E-state index contributed by atoms with van der Waals surface area (Å²) in [6.45, 7) is 0. The average Bonchev–Trinajstić information content (AvgIpc) is 3.23. The first-order valence-corrected chi connectivity index (χ1v) is 9.60. The molecule has 2 aliphatic rings. The molecule has 0 fully saturated rings. The Labute approximate surface area is 170 Å². The second kappa shape index (κ2) is 7.39. The number of aromatic nitrogens is 1. The lowest BCUT2D eigenvalue weighted by molar-refractivity contribution is -0.303. The van der Waals surface area contributed by atoms with Crippen LogP contribution in [0.25, 0.3) is 11.8 Å². The molecule has 28 heavy (non-hydrogen) atoms. The minimum absolute atomic E-state index is 0.0294. The molecule has 0 atom stereocenters. The smallest absolute Gasteiger partial charge is 0.388 e. The van der Waals surface area contributed by atoms with Gasteiger partial charge in [0.15, 0.2) is 0 Å². The SMILES string of the molecule is COC1=C2C=CC(C=CC(=O)Cl)=[N+]2S(F)(F)n2c(C=C(C#N)C(=O)Cl)ccc21. The summed E-state index contributed by atoms with van der Waals surface area (Å²) in [5.74, 6) is 0.158. The van der Waals surface area contributed by atoms with Gasteiger partial charge in [-0.3, -0.25) is 9.59 Å². The third kappa shape index (κ3) is 3.20. The van der Waals surface area contributed by atoms with Gasteiger partial charge in [-0.1, -0.05) is 11.8 Å². The van der Waals surface area contributed by atoms with Crippen LogP contribution in [0.1, 0.15) is 11.4 Å². The molecule has 0 bridgehead atoms. The van der Waals surface area contributed by atoms with Crippen LogP contribution in [0.4, 0.5) is 7.77 Å². The summed E-state index contributed by atoms with van der Waals surface area (Å²) in [5.41, 5.74) is -0.371. The summed E-state index contributed by atoms with van der Waals surface area (Å²) in [6, 6.07) is 4.31. The maximum atomic E-state index is 15.5. The largest absolute Gasteiger partial charge is 0.489 e. The van der Waals surface area contributed by atoms with Crippen molar-refractivity contribution < 1.29 is 26.1 Å². The molecule has 6 nitrogen and oxygen atoms in total. The fraction of sp³-hybridized carbons (Fsp3) is 0.0588. The van der Waals surface area contributed by atoms with Gasteiger partial charge in [-0.2, -0.15) is 9.23 Å². The summed E-state index contributed by atoms with van der Waals surface area (Å²) in [6.07, 6.45) is 5.95. The fourth-order valence-electron chi connectivity index (χ4n) is 2.79. The van der Waals surface area contributed by atoms with E-state index in [1.807, 2.05) is 0 Å². The number of fused-ring (bicyclic) bond motifs is 2. The predicted molar refractivity (Wildman–Crippen MR) is 102 cm³/mol. The van der Waals surface area contributed by atoms with Crippen molar-refractivity contribution in [2.45, 2.75) is 0 Å². The highest BCUT2D eigenvalue weighted by molar-refractivity contribution is 8.18. The van der Waals surface area contributed by atoms with Gasteiger partial charge in [0, 0.05) is 24.3 Å². The Bertz CT molecular complexity index is 1110. The zero-order valence-electron chi connectivity index (χ0n) is 14.0. The van der Waals surface area contributed by atoms with E-state index in [4.69, 9.17) is 33.2 Å². The maximum Gasteiger partial charge on any atom is 0.388 e. The Hall–Kier alpha value is -2.67. The van der Waals surface area contributed by atoms with Gasteiger partial charge >= 0.3 is 11.2 Å². The summed E-state index contributed by atoms with van der Waals surface area (Å²) in [7, 11) is 1.33. The minimum atomic E-state index is -4.73. The number of carbonyl (C=O) groups excluding carboxylic acids is 2. The van der Waals surface area contributed by atoms with E-state index in [2.05, 4.69) is 0 Å². The van der Waals surface area contributed by atoms with Crippen LogP contribution >= 0.6 is 34.4 Å². The van der Waals surface area contributed by atoms with Crippen molar-refractivity contribution in [1.82, 2.24) is 3.97 Å². The number of halogens is 4. The normalized spacial score (nSPS) is 18.8. The minimum Gasteiger partial charge on any atom is -0.489 e. The molecule has 0 radical (unpaired) electrons. The van der Waals surface area contributed by atoms with E-state index in [0.29, 0.717) is 3.97 Å². The van der Waals surface area contributed by atoms with E-state index in [1.54, 1.807) is 6.07 Å². The molecule has 2 aliphatic heterocycles. The van der Waals surface area contributed by atoms with Gasteiger partial charge in [0.25, 0.3) is 10.9 Å². The molecule has 3 rings (SSSR count). The van der Waals surface area contributed by atoms with Crippen LogP contribution in [-0.4, -0.2) is 31.3 Å². The van der Waals surface area contributed by atoms with Crippen LogP contribution in [0.5, 0.6) is 0 Å². The van der Waals surface area contributed by atoms with Crippen molar-refractivity contribution in [1.29, 1.82) is 5.26 Å². The lowest BCUT2D eigenvalue weighted by Gasteiger charge is -2.27. The third-order valence-electron chi connectivity index (χ3n) is 3.85. The first kappa shape index (κ1) is 20.1. The van der Waals surface area contributed by atoms with Crippen LogP contribution in [0.15, 0.2) is 47.7 Å². The van der Waals surface area contributed by atoms with Gasteiger partial charge in [-0.25, -0.2) is 0 Å². The van der Waals surface area contributed by atoms with Crippen LogP contribution in [0.2, 0.25) is 0 Å². The number of methoxy groups -OCH3 is 1. The summed E-state index contributed by atoms with van der Waals surface area (Å²) in [4.78, 5) is 22.3. The second-order valence-electron chi connectivity index (χ2n) is 5.41. The summed E-state index contributed by atoms with van der Waals surface area (Å²) >= 11 is 5.86. The van der Waals surface area contributed by atoms with Gasteiger partial charge in [0.05, 0.1) is 12.8 Å². The monoisotopic (exact) mass is 444 g/mol. The highest BCUT2D eigenvalue weighted by Crippen LogP contribution is 2.62. The molecule has 0 unspecified atom stereocenters. The molecular weight excluding hydrogens is 435 g/mol. The first-order valence-electron chi connectivity index (χ1n) is 7.50. The molecule has 1 aromatic rings. The molecule has 3 heterocycles. The Morgan fingerprint density at radius 1 is 1.32 bits per heavy atom. The number of rotatable bonds is 5. The van der Waals surface area contributed by atoms with Crippen molar-refractivity contribution in [3.8, 4) is 6.07 Å². The molecule has 0 aromatic carbocycles. The van der Waals surface area contributed by atoms with E-state index in [9.17, 15) is 9.59 Å². The summed E-state index contributed by atoms with van der Waals surface area (Å²) in [5, 5.41) is 7.14. The predicted octanol–water partition coefficient (Wildman–Crippen LogP) is 4.09. The molecule has 144 valence electrons. The summed E-state index contributed by atoms with van der Waals surface area (Å²) < 4.78 is 37.8. The number of allylic oxidation sites excluding steroid dienone is 5. The number of nitrogens with zero attached hydrogens (tertiary/aromatic N) is 3. The Morgan fingerprint density at radius 2 is 2.04 bits per heavy atom. The molecule has 0 spiro atoms. The average molecular weight is 445 g/mol. The molecule has 0 saturated heterocycles. The highest BCUT2D eigenvalue weighted by Gasteiger charge is 2.53. The Balaban J connectivity index is 2.30. The Kier molecular flexibility index (Phi) is 5.30. The van der Waals surface area contributed by atoms with Crippen molar-refractivity contribution in [3.05, 3.63) is 59.1 Å². The standard InChI is InChI=1S/C17H10Cl2F2N3O3S/c1-27-16-13-5-2-11(4-7-15(18)25)23(13)28(20,21)24-12(3-6-14(16)24)8-10(9-22)17(19)26/h2-8H,1H3/q+1. The molecule has 0 aliphatic carbocycles. The van der Waals surface area contributed by atoms with Crippen molar-refractivity contribution in [2.75, 3.05) is 7.11 Å². The van der Waals surface area contributed by atoms with E-state index < -0.39 is 27.2 Å².